The van der Waals surface area contributed by atoms with Gasteiger partial charge in [0.25, 0.3) is 5.91 Å². The van der Waals surface area contributed by atoms with Crippen LogP contribution in [0.5, 0.6) is 5.75 Å². The zero-order valence-electron chi connectivity index (χ0n) is 10.6. The normalized spacial score (nSPS) is 9.70. The summed E-state index contributed by atoms with van der Waals surface area (Å²) in [5, 5.41) is 13.6. The van der Waals surface area contributed by atoms with Gasteiger partial charge < -0.3 is 15.2 Å². The molecule has 0 aliphatic carbocycles. The van der Waals surface area contributed by atoms with Crippen molar-refractivity contribution in [3.8, 4) is 5.75 Å². The number of aromatic carboxylic acids is 1. The van der Waals surface area contributed by atoms with Gasteiger partial charge in [-0.15, -0.1) is 0 Å². The van der Waals surface area contributed by atoms with Crippen molar-refractivity contribution in [2.75, 3.05) is 13.2 Å². The first-order chi connectivity index (χ1) is 9.43. The summed E-state index contributed by atoms with van der Waals surface area (Å²) >= 11 is 5.72. The Hall–Kier alpha value is -2.28. The molecule has 20 heavy (non-hydrogen) atoms. The van der Waals surface area contributed by atoms with E-state index in [1.165, 1.54) is 18.2 Å². The molecule has 0 saturated carbocycles. The lowest BCUT2D eigenvalue weighted by atomic mass is 10.2. The summed E-state index contributed by atoms with van der Waals surface area (Å²) in [5.74, 6) is -1.95. The van der Waals surface area contributed by atoms with Gasteiger partial charge in [-0.25, -0.2) is 9.59 Å². The van der Waals surface area contributed by atoms with E-state index in [-0.39, 0.29) is 16.3 Å². The van der Waals surface area contributed by atoms with E-state index in [9.17, 15) is 14.4 Å². The molecular weight excluding hydrogens is 288 g/mol. The maximum atomic E-state index is 11.4. The smallest absolute Gasteiger partial charge is 0.339 e. The van der Waals surface area contributed by atoms with Gasteiger partial charge in [-0.1, -0.05) is 11.6 Å². The van der Waals surface area contributed by atoms with Crippen LogP contribution in [0.2, 0.25) is 5.02 Å². The lowest BCUT2D eigenvalue weighted by molar-refractivity contribution is -0.122. The van der Waals surface area contributed by atoms with Gasteiger partial charge in [0.2, 0.25) is 0 Å². The van der Waals surface area contributed by atoms with Crippen LogP contribution >= 0.6 is 11.6 Å². The summed E-state index contributed by atoms with van der Waals surface area (Å²) in [6, 6.07) is 3.30. The number of imide groups is 1. The fraction of sp³-hybridized carbons (Fsp3) is 0.250. The molecule has 0 saturated heterocycles. The number of carboxylic acids is 1. The highest BCUT2D eigenvalue weighted by molar-refractivity contribution is 6.30. The Bertz CT molecular complexity index is 533. The SMILES string of the molecule is CCNC(=O)NC(=O)COc1cc(Cl)ccc1C(=O)O. The summed E-state index contributed by atoms with van der Waals surface area (Å²) in [6.45, 7) is 1.57. The Morgan fingerprint density at radius 2 is 2.05 bits per heavy atom. The molecule has 3 amide bonds. The van der Waals surface area contributed by atoms with E-state index < -0.39 is 24.5 Å². The molecule has 0 bridgehead atoms. The molecule has 0 unspecified atom stereocenters. The minimum absolute atomic E-state index is 0.0453. The third-order valence-corrected chi connectivity index (χ3v) is 2.36. The van der Waals surface area contributed by atoms with Crippen molar-refractivity contribution < 1.29 is 24.2 Å². The van der Waals surface area contributed by atoms with Crippen LogP contribution in [0.4, 0.5) is 4.79 Å². The van der Waals surface area contributed by atoms with E-state index in [4.69, 9.17) is 21.4 Å². The summed E-state index contributed by atoms with van der Waals surface area (Å²) < 4.78 is 5.06. The first-order valence-electron chi connectivity index (χ1n) is 5.67. The van der Waals surface area contributed by atoms with E-state index in [0.29, 0.717) is 6.54 Å². The van der Waals surface area contributed by atoms with E-state index in [0.717, 1.165) is 0 Å². The van der Waals surface area contributed by atoms with Crippen molar-refractivity contribution in [1.82, 2.24) is 10.6 Å². The quantitative estimate of drug-likeness (QED) is 0.759. The first-order valence-corrected chi connectivity index (χ1v) is 6.05. The van der Waals surface area contributed by atoms with E-state index in [2.05, 4.69) is 5.32 Å². The molecule has 3 N–H and O–H groups in total. The van der Waals surface area contributed by atoms with Crippen molar-refractivity contribution in [3.05, 3.63) is 28.8 Å². The Kier molecular flexibility index (Phi) is 5.79. The van der Waals surface area contributed by atoms with Gasteiger partial charge in [0.05, 0.1) is 0 Å². The molecule has 1 aromatic rings. The van der Waals surface area contributed by atoms with Crippen LogP contribution in [0.1, 0.15) is 17.3 Å². The number of halogens is 1. The number of carbonyl (C=O) groups is 3. The van der Waals surface area contributed by atoms with Crippen LogP contribution in [0.3, 0.4) is 0 Å². The molecular formula is C12H13ClN2O5. The van der Waals surface area contributed by atoms with Crippen molar-refractivity contribution in [2.24, 2.45) is 0 Å². The second-order valence-corrected chi connectivity index (χ2v) is 4.08. The zero-order valence-corrected chi connectivity index (χ0v) is 11.4. The molecule has 108 valence electrons. The van der Waals surface area contributed by atoms with Gasteiger partial charge >= 0.3 is 12.0 Å². The lowest BCUT2D eigenvalue weighted by Gasteiger charge is -2.09. The van der Waals surface area contributed by atoms with Crippen molar-refractivity contribution in [3.63, 3.8) is 0 Å². The van der Waals surface area contributed by atoms with E-state index in [1.807, 2.05) is 5.32 Å². The summed E-state index contributed by atoms with van der Waals surface area (Å²) in [6.07, 6.45) is 0. The third-order valence-electron chi connectivity index (χ3n) is 2.12. The van der Waals surface area contributed by atoms with E-state index >= 15 is 0 Å². The average Bonchev–Trinajstić information content (AvgIpc) is 2.36. The van der Waals surface area contributed by atoms with Gasteiger partial charge in [-0.05, 0) is 25.1 Å². The van der Waals surface area contributed by atoms with Gasteiger partial charge in [-0.2, -0.15) is 0 Å². The highest BCUT2D eigenvalue weighted by atomic mass is 35.5. The second kappa shape index (κ2) is 7.34. The van der Waals surface area contributed by atoms with Gasteiger partial charge in [0, 0.05) is 11.6 Å². The molecule has 0 atom stereocenters. The molecule has 1 aromatic carbocycles. The molecule has 0 radical (unpaired) electrons. The molecule has 0 aliphatic heterocycles. The lowest BCUT2D eigenvalue weighted by Crippen LogP contribution is -2.41. The summed E-state index contributed by atoms with van der Waals surface area (Å²) in [4.78, 5) is 33.4. The van der Waals surface area contributed by atoms with Crippen LogP contribution in [0.25, 0.3) is 0 Å². The highest BCUT2D eigenvalue weighted by Crippen LogP contribution is 2.23. The molecule has 0 aromatic heterocycles. The number of carboxylic acid groups (broad SMARTS) is 1. The topological polar surface area (TPSA) is 105 Å². The first kappa shape index (κ1) is 15.8. The Labute approximate surface area is 119 Å². The van der Waals surface area contributed by atoms with Crippen molar-refractivity contribution in [2.45, 2.75) is 6.92 Å². The number of carbonyl (C=O) groups excluding carboxylic acids is 2. The predicted octanol–water partition coefficient (Wildman–Crippen LogP) is 1.26. The molecule has 8 heteroatoms. The fourth-order valence-electron chi connectivity index (χ4n) is 1.30. The maximum absolute atomic E-state index is 11.4. The minimum Gasteiger partial charge on any atom is -0.483 e. The number of rotatable bonds is 5. The second-order valence-electron chi connectivity index (χ2n) is 3.64. The summed E-state index contributed by atoms with van der Waals surface area (Å²) in [7, 11) is 0. The van der Waals surface area contributed by atoms with Crippen LogP contribution in [0, 0.1) is 0 Å². The third kappa shape index (κ3) is 4.77. The molecule has 0 fully saturated rings. The number of nitrogens with one attached hydrogen (secondary N) is 2. The van der Waals surface area contributed by atoms with Crippen LogP contribution in [-0.4, -0.2) is 36.2 Å². The number of hydrogen-bond donors (Lipinski definition) is 3. The molecule has 0 spiro atoms. The zero-order chi connectivity index (χ0) is 15.1. The predicted molar refractivity (Wildman–Crippen MR) is 71.1 cm³/mol. The molecule has 0 aliphatic rings. The van der Waals surface area contributed by atoms with Crippen LogP contribution in [-0.2, 0) is 4.79 Å². The summed E-state index contributed by atoms with van der Waals surface area (Å²) in [5.41, 5.74) is -0.125. The van der Waals surface area contributed by atoms with Gasteiger partial charge in [0.1, 0.15) is 11.3 Å². The number of hydrogen-bond acceptors (Lipinski definition) is 4. The number of urea groups is 1. The standard InChI is InChI=1S/C12H13ClN2O5/c1-2-14-12(19)15-10(16)6-20-9-5-7(13)3-4-8(9)11(17)18/h3-5H,2,6H2,1H3,(H,17,18)(H2,14,15,16,19). The van der Waals surface area contributed by atoms with Crippen LogP contribution in [0.15, 0.2) is 18.2 Å². The van der Waals surface area contributed by atoms with Gasteiger partial charge in [0.15, 0.2) is 6.61 Å². The fourth-order valence-corrected chi connectivity index (χ4v) is 1.47. The van der Waals surface area contributed by atoms with Crippen LogP contribution < -0.4 is 15.4 Å². The molecule has 1 rings (SSSR count). The van der Waals surface area contributed by atoms with E-state index in [1.54, 1.807) is 6.92 Å². The Balaban J connectivity index is 2.65. The Morgan fingerprint density at radius 1 is 1.35 bits per heavy atom. The minimum atomic E-state index is -1.21. The van der Waals surface area contributed by atoms with Gasteiger partial charge in [-0.3, -0.25) is 10.1 Å². The maximum Gasteiger partial charge on any atom is 0.339 e. The molecule has 7 nitrogen and oxygen atoms in total. The largest absolute Gasteiger partial charge is 0.483 e. The number of benzene rings is 1. The number of ether oxygens (including phenoxy) is 1. The Morgan fingerprint density at radius 3 is 2.65 bits per heavy atom. The average molecular weight is 301 g/mol. The highest BCUT2D eigenvalue weighted by Gasteiger charge is 2.14. The number of amides is 3. The molecule has 0 heterocycles. The van der Waals surface area contributed by atoms with Crippen molar-refractivity contribution >= 4 is 29.5 Å². The monoisotopic (exact) mass is 300 g/mol. The van der Waals surface area contributed by atoms with Crippen molar-refractivity contribution in [1.29, 1.82) is 0 Å².